The van der Waals surface area contributed by atoms with Crippen LogP contribution in [0.15, 0.2) is 20.0 Å². The van der Waals surface area contributed by atoms with Crippen molar-refractivity contribution in [3.8, 4) is 0 Å². The Balaban J connectivity index is 0. The molecular formula is C60H104N12O14S4. The molecule has 0 atom stereocenters. The average Bonchev–Trinajstić information content (AvgIpc) is 3.73. The minimum atomic E-state index is -0.648. The Hall–Kier alpha value is -5.92. The number of aliphatic imine (C=N–C) groups is 4. The molecule has 0 aromatic carbocycles. The van der Waals surface area contributed by atoms with E-state index >= 15 is 0 Å². The Morgan fingerprint density at radius 1 is 0.311 bits per heavy atom. The summed E-state index contributed by atoms with van der Waals surface area (Å²) in [5, 5.41) is 20.6. The Kier molecular flexibility index (Phi) is 63.2. The molecule has 0 aromatic rings. The van der Waals surface area contributed by atoms with Crippen molar-refractivity contribution >= 4 is 118 Å². The first-order chi connectivity index (χ1) is 43.8. The summed E-state index contributed by atoms with van der Waals surface area (Å²) >= 11 is 18.2. The molecule has 4 N–H and O–H groups in total. The van der Waals surface area contributed by atoms with Crippen molar-refractivity contribution in [2.45, 2.75) is 156 Å². The van der Waals surface area contributed by atoms with Crippen LogP contribution in [0.5, 0.6) is 0 Å². The highest BCUT2D eigenvalue weighted by atomic mass is 32.1. The predicted octanol–water partition coefficient (Wildman–Crippen LogP) is 8.52. The standard InChI is InChI=1S/C42H68N10O9S4.C18H36N2O5/c53-37(13-5-1-9-17-43-33-62)47-21-25-51(26-22-48-38(54)14-6-2-10-18-44-34-63)41(57)60-31-29-59-30-32-61-42(58)52(27-23-49-39(55)15-7-3-11-19-45-35-64)28-24-50-40(56)16-8-4-12-20-46-36-65;1-5-9-19(10-6-2)17(21)24-15-13-23-14-16-25-18(22)20(11-7-3)12-8-4/h1-32H2,(H,47,53)(H,48,54)(H,49,55)(H,50,56);5-16H2,1-4H3. The van der Waals surface area contributed by atoms with Crippen molar-refractivity contribution in [3.05, 3.63) is 0 Å². The van der Waals surface area contributed by atoms with E-state index in [1.54, 1.807) is 9.80 Å². The van der Waals surface area contributed by atoms with E-state index in [9.17, 15) is 38.4 Å². The zero-order valence-electron chi connectivity index (χ0n) is 54.0. The summed E-state index contributed by atoms with van der Waals surface area (Å²) in [7, 11) is 0. The monoisotopic (exact) mass is 1340 g/mol. The molecule has 26 nitrogen and oxygen atoms in total. The van der Waals surface area contributed by atoms with Crippen molar-refractivity contribution in [1.29, 1.82) is 0 Å². The Labute approximate surface area is 556 Å². The summed E-state index contributed by atoms with van der Waals surface area (Å²) in [6.45, 7) is 15.4. The van der Waals surface area contributed by atoms with E-state index in [2.05, 4.69) is 111 Å². The molecule has 0 aliphatic rings. The maximum Gasteiger partial charge on any atom is 0.409 e. The van der Waals surface area contributed by atoms with Crippen molar-refractivity contribution in [3.63, 3.8) is 0 Å². The van der Waals surface area contributed by atoms with E-state index in [0.717, 1.165) is 77.0 Å². The summed E-state index contributed by atoms with van der Waals surface area (Å²) in [5.41, 5.74) is 0. The van der Waals surface area contributed by atoms with Crippen LogP contribution in [0.3, 0.4) is 0 Å². The molecule has 0 aromatic heterocycles. The largest absolute Gasteiger partial charge is 0.447 e. The average molecular weight is 1350 g/mol. The number of nitrogens with zero attached hydrogens (tertiary/aromatic N) is 8. The minimum Gasteiger partial charge on any atom is -0.447 e. The third kappa shape index (κ3) is 56.1. The van der Waals surface area contributed by atoms with Gasteiger partial charge in [-0.25, -0.2) is 39.1 Å². The highest BCUT2D eigenvalue weighted by molar-refractivity contribution is 7.78. The highest BCUT2D eigenvalue weighted by Gasteiger charge is 2.19. The lowest BCUT2D eigenvalue weighted by molar-refractivity contribution is -0.122. The number of unbranched alkanes of at least 4 members (excludes halogenated alkanes) is 8. The summed E-state index contributed by atoms with van der Waals surface area (Å²) < 4.78 is 32.1. The van der Waals surface area contributed by atoms with Gasteiger partial charge in [0.15, 0.2) is 0 Å². The molecule has 0 saturated carbocycles. The molecule has 30 heteroatoms. The number of rotatable bonds is 56. The van der Waals surface area contributed by atoms with Crippen molar-refractivity contribution in [1.82, 2.24) is 40.9 Å². The van der Waals surface area contributed by atoms with Crippen LogP contribution in [0, 0.1) is 0 Å². The molecule has 0 aliphatic carbocycles. The molecule has 0 spiro atoms. The molecule has 0 unspecified atom stereocenters. The lowest BCUT2D eigenvalue weighted by Crippen LogP contribution is -2.43. The molecule has 0 saturated heterocycles. The fraction of sp³-hybridized carbons (Fsp3) is 0.800. The van der Waals surface area contributed by atoms with E-state index in [1.165, 1.54) is 9.80 Å². The van der Waals surface area contributed by atoms with Gasteiger partial charge in [-0.2, -0.15) is 0 Å². The number of amides is 8. The van der Waals surface area contributed by atoms with E-state index in [1.807, 2.05) is 27.7 Å². The topological polar surface area (TPSA) is 302 Å². The first kappa shape index (κ1) is 86.1. The smallest absolute Gasteiger partial charge is 0.409 e. The summed E-state index contributed by atoms with van der Waals surface area (Å²) in [6, 6.07) is 0. The number of carbonyl (C=O) groups excluding carboxylic acids is 8. The van der Waals surface area contributed by atoms with E-state index in [-0.39, 0.29) is 128 Å². The van der Waals surface area contributed by atoms with Gasteiger partial charge < -0.3 is 69.3 Å². The Morgan fingerprint density at radius 3 is 0.722 bits per heavy atom. The molecule has 0 rings (SSSR count). The molecule has 0 heterocycles. The second kappa shape index (κ2) is 66.0. The number of thiocarbonyl (C=S) groups is 4. The number of hydrogen-bond acceptors (Lipinski definition) is 22. The SMILES string of the molecule is CCCN(CCC)C(=O)OCCOCCOC(=O)N(CCC)CCC.O=C(CCCCCN=C=S)NCCN(CCNC(=O)CCCCCN=C=S)C(=O)OCCOCCOC(=O)N(CCNC(=O)CCCCCN=C=S)CCNC(=O)CCCCCN=C=S. The number of hydrogen-bond donors (Lipinski definition) is 4. The molecule has 0 radical (unpaired) electrons. The van der Waals surface area contributed by atoms with Gasteiger partial charge in [0.2, 0.25) is 23.6 Å². The fourth-order valence-electron chi connectivity index (χ4n) is 8.05. The number of ether oxygens (including phenoxy) is 6. The van der Waals surface area contributed by atoms with Crippen LogP contribution in [0.4, 0.5) is 19.2 Å². The van der Waals surface area contributed by atoms with Gasteiger partial charge in [0.1, 0.15) is 26.4 Å². The zero-order chi connectivity index (χ0) is 66.8. The lowest BCUT2D eigenvalue weighted by atomic mass is 10.2. The molecule has 0 bridgehead atoms. The van der Waals surface area contributed by atoms with Crippen LogP contribution < -0.4 is 21.3 Å². The van der Waals surface area contributed by atoms with Gasteiger partial charge in [0.05, 0.1) is 47.1 Å². The van der Waals surface area contributed by atoms with Crippen molar-refractivity contribution in [2.24, 2.45) is 20.0 Å². The van der Waals surface area contributed by atoms with Gasteiger partial charge in [-0.05, 0) is 126 Å². The summed E-state index contributed by atoms with van der Waals surface area (Å²) in [6.07, 6.45) is 12.4. The van der Waals surface area contributed by atoms with E-state index in [4.69, 9.17) is 28.4 Å². The van der Waals surface area contributed by atoms with E-state index < -0.39 is 12.2 Å². The zero-order valence-corrected chi connectivity index (χ0v) is 57.3. The van der Waals surface area contributed by atoms with Crippen LogP contribution in [-0.4, -0.2) is 246 Å². The molecular weight excluding hydrogens is 1240 g/mol. The van der Waals surface area contributed by atoms with Crippen LogP contribution in [-0.2, 0) is 47.6 Å². The molecule has 8 amide bonds. The number of carbonyl (C=O) groups is 8. The predicted molar refractivity (Wildman–Crippen MR) is 360 cm³/mol. The minimum absolute atomic E-state index is 0.0111. The maximum atomic E-state index is 13.0. The van der Waals surface area contributed by atoms with Gasteiger partial charge in [-0.3, -0.25) is 19.2 Å². The second-order valence-electron chi connectivity index (χ2n) is 20.2. The highest BCUT2D eigenvalue weighted by Crippen LogP contribution is 2.06. The summed E-state index contributed by atoms with van der Waals surface area (Å²) in [4.78, 5) is 121. The fourth-order valence-corrected chi connectivity index (χ4v) is 8.41. The molecule has 512 valence electrons. The first-order valence-electron chi connectivity index (χ1n) is 31.8. The second-order valence-corrected chi connectivity index (χ2v) is 20.9. The quantitative estimate of drug-likeness (QED) is 0.0192. The lowest BCUT2D eigenvalue weighted by Gasteiger charge is -2.23. The van der Waals surface area contributed by atoms with Crippen molar-refractivity contribution < 1.29 is 66.8 Å². The van der Waals surface area contributed by atoms with Gasteiger partial charge >= 0.3 is 24.4 Å². The third-order valence-corrected chi connectivity index (χ3v) is 13.1. The van der Waals surface area contributed by atoms with Gasteiger partial charge in [0.25, 0.3) is 0 Å². The maximum absolute atomic E-state index is 13.0. The van der Waals surface area contributed by atoms with Gasteiger partial charge in [-0.1, -0.05) is 53.4 Å². The van der Waals surface area contributed by atoms with E-state index in [0.29, 0.717) is 117 Å². The van der Waals surface area contributed by atoms with Crippen LogP contribution in [0.25, 0.3) is 0 Å². The normalized spacial score (nSPS) is 10.2. The molecule has 0 fully saturated rings. The first-order valence-corrected chi connectivity index (χ1v) is 33.4. The Bertz CT molecular complexity index is 1900. The Morgan fingerprint density at radius 2 is 0.522 bits per heavy atom. The van der Waals surface area contributed by atoms with Gasteiger partial charge in [-0.15, -0.1) is 0 Å². The number of isothiocyanates is 4. The number of nitrogens with one attached hydrogen (secondary N) is 4. The van der Waals surface area contributed by atoms with Crippen molar-refractivity contribution in [2.75, 3.05) is 158 Å². The van der Waals surface area contributed by atoms with Crippen LogP contribution >= 0.6 is 48.9 Å². The van der Waals surface area contributed by atoms with Crippen LogP contribution in [0.1, 0.15) is 156 Å². The van der Waals surface area contributed by atoms with Crippen LogP contribution in [0.2, 0.25) is 0 Å². The van der Waals surface area contributed by atoms with Gasteiger partial charge in [0, 0.05) is 130 Å². The summed E-state index contributed by atoms with van der Waals surface area (Å²) in [5.74, 6) is -0.569. The third-order valence-electron chi connectivity index (χ3n) is 12.6. The molecule has 90 heavy (non-hydrogen) atoms. The molecule has 0 aliphatic heterocycles.